The van der Waals surface area contributed by atoms with Crippen molar-refractivity contribution >= 4 is 27.4 Å². The third-order valence-corrected chi connectivity index (χ3v) is 7.16. The van der Waals surface area contributed by atoms with E-state index < -0.39 is 9.84 Å². The number of sulfone groups is 1. The quantitative estimate of drug-likeness (QED) is 0.745. The number of hydrogen-bond donors (Lipinski definition) is 0. The number of hydrogen-bond acceptors (Lipinski definition) is 4. The van der Waals surface area contributed by atoms with E-state index in [9.17, 15) is 13.2 Å². The van der Waals surface area contributed by atoms with Gasteiger partial charge in [0.25, 0.3) is 0 Å². The number of rotatable bonds is 6. The molecule has 0 aromatic carbocycles. The first-order valence-corrected chi connectivity index (χ1v) is 10.7. The number of aryl methyl sites for hydroxylation is 1. The highest BCUT2D eigenvalue weighted by molar-refractivity contribution is 7.99. The summed E-state index contributed by atoms with van der Waals surface area (Å²) in [7, 11) is -2.92. The van der Waals surface area contributed by atoms with Gasteiger partial charge in [-0.3, -0.25) is 4.79 Å². The Morgan fingerprint density at radius 3 is 2.64 bits per heavy atom. The second kappa shape index (κ2) is 6.79. The van der Waals surface area contributed by atoms with E-state index >= 15 is 0 Å². The summed E-state index contributed by atoms with van der Waals surface area (Å²) in [5, 5.41) is 0. The zero-order chi connectivity index (χ0) is 16.5. The van der Waals surface area contributed by atoms with Gasteiger partial charge in [-0.15, -0.1) is 0 Å². The van der Waals surface area contributed by atoms with Gasteiger partial charge in [-0.25, -0.2) is 8.42 Å². The molecule has 0 radical (unpaired) electrons. The molecular formula is C16H25NO3S2. The van der Waals surface area contributed by atoms with Gasteiger partial charge < -0.3 is 4.57 Å². The van der Waals surface area contributed by atoms with E-state index in [-0.39, 0.29) is 23.3 Å². The van der Waals surface area contributed by atoms with Crippen LogP contribution in [0.3, 0.4) is 0 Å². The van der Waals surface area contributed by atoms with Crippen LogP contribution in [0.2, 0.25) is 0 Å². The van der Waals surface area contributed by atoms with Crippen molar-refractivity contribution < 1.29 is 13.2 Å². The summed E-state index contributed by atoms with van der Waals surface area (Å²) in [5.74, 6) is 2.64. The molecule has 1 aliphatic heterocycles. The second-order valence-electron chi connectivity index (χ2n) is 6.54. The first kappa shape index (κ1) is 17.6. The van der Waals surface area contributed by atoms with E-state index in [2.05, 4.69) is 13.8 Å². The van der Waals surface area contributed by atoms with Gasteiger partial charge in [0.15, 0.2) is 15.6 Å². The fraction of sp³-hybridized carbons (Fsp3) is 0.688. The molecule has 22 heavy (non-hydrogen) atoms. The summed E-state index contributed by atoms with van der Waals surface area (Å²) in [5.41, 5.74) is 2.64. The van der Waals surface area contributed by atoms with Crippen molar-refractivity contribution in [3.8, 4) is 0 Å². The summed E-state index contributed by atoms with van der Waals surface area (Å²) in [4.78, 5) is 12.4. The molecule has 0 bridgehead atoms. The fourth-order valence-corrected chi connectivity index (χ4v) is 5.70. The van der Waals surface area contributed by atoms with Crippen molar-refractivity contribution in [3.05, 3.63) is 23.0 Å². The molecular weight excluding hydrogens is 318 g/mol. The molecule has 1 saturated heterocycles. The number of carbonyl (C=O) groups excluding carboxylic acids is 1. The first-order valence-electron chi connectivity index (χ1n) is 7.71. The highest BCUT2D eigenvalue weighted by Crippen LogP contribution is 2.29. The molecule has 0 unspecified atom stereocenters. The first-order chi connectivity index (χ1) is 10.2. The average Bonchev–Trinajstić information content (AvgIpc) is 2.88. The van der Waals surface area contributed by atoms with E-state index in [1.54, 1.807) is 11.8 Å². The highest BCUT2D eigenvalue weighted by Gasteiger charge is 2.31. The lowest BCUT2D eigenvalue weighted by molar-refractivity contribution is 0.102. The predicted molar refractivity (Wildman–Crippen MR) is 92.7 cm³/mol. The number of Topliss-reactive ketones (excluding diaryl/α,β-unsaturated/α-hetero) is 1. The van der Waals surface area contributed by atoms with Crippen molar-refractivity contribution in [2.75, 3.05) is 23.0 Å². The predicted octanol–water partition coefficient (Wildman–Crippen LogP) is 3.04. The lowest BCUT2D eigenvalue weighted by Crippen LogP contribution is -2.14. The zero-order valence-electron chi connectivity index (χ0n) is 13.8. The molecule has 4 nitrogen and oxygen atoms in total. The number of ketones is 1. The van der Waals surface area contributed by atoms with Crippen LogP contribution in [0.1, 0.15) is 48.1 Å². The third kappa shape index (κ3) is 3.96. The molecule has 0 amide bonds. The van der Waals surface area contributed by atoms with Crippen molar-refractivity contribution in [3.63, 3.8) is 0 Å². The van der Waals surface area contributed by atoms with Crippen molar-refractivity contribution in [1.29, 1.82) is 0 Å². The van der Waals surface area contributed by atoms with Gasteiger partial charge in [0.2, 0.25) is 0 Å². The Labute approximate surface area is 137 Å². The number of thioether (sulfide) groups is 1. The summed E-state index contributed by atoms with van der Waals surface area (Å²) in [6.45, 7) is 8.17. The van der Waals surface area contributed by atoms with E-state index in [1.165, 1.54) is 0 Å². The summed E-state index contributed by atoms with van der Waals surface area (Å²) >= 11 is 1.67. The number of carbonyl (C=O) groups is 1. The Morgan fingerprint density at radius 2 is 2.09 bits per heavy atom. The molecule has 1 atom stereocenters. The number of aromatic nitrogens is 1. The molecule has 0 N–H and O–H groups in total. The smallest absolute Gasteiger partial charge is 0.174 e. The van der Waals surface area contributed by atoms with Gasteiger partial charge in [0.05, 0.1) is 17.3 Å². The van der Waals surface area contributed by atoms with Crippen LogP contribution in [0, 0.1) is 19.8 Å². The lowest BCUT2D eigenvalue weighted by atomic mass is 10.2. The Bertz CT molecular complexity index is 659. The van der Waals surface area contributed by atoms with E-state index in [0.717, 1.165) is 22.7 Å². The van der Waals surface area contributed by atoms with Crippen LogP contribution >= 0.6 is 11.8 Å². The lowest BCUT2D eigenvalue weighted by Gasteiger charge is -2.16. The van der Waals surface area contributed by atoms with Crippen LogP contribution in [0.25, 0.3) is 0 Å². The van der Waals surface area contributed by atoms with Gasteiger partial charge in [0, 0.05) is 23.0 Å². The molecule has 0 aliphatic carbocycles. The van der Waals surface area contributed by atoms with Crippen LogP contribution in [-0.2, 0) is 9.84 Å². The molecule has 1 aliphatic rings. The van der Waals surface area contributed by atoms with Crippen molar-refractivity contribution in [2.45, 2.75) is 40.2 Å². The Hall–Kier alpha value is -0.750. The Balaban J connectivity index is 2.15. The van der Waals surface area contributed by atoms with Gasteiger partial charge in [0.1, 0.15) is 0 Å². The molecule has 0 spiro atoms. The van der Waals surface area contributed by atoms with E-state index in [4.69, 9.17) is 0 Å². The summed E-state index contributed by atoms with van der Waals surface area (Å²) in [6, 6.07) is 1.90. The largest absolute Gasteiger partial charge is 0.344 e. The van der Waals surface area contributed by atoms with Crippen molar-refractivity contribution in [1.82, 2.24) is 4.57 Å². The summed E-state index contributed by atoms with van der Waals surface area (Å²) < 4.78 is 25.4. The van der Waals surface area contributed by atoms with Gasteiger partial charge in [-0.1, -0.05) is 13.8 Å². The maximum absolute atomic E-state index is 12.4. The molecule has 1 aromatic rings. The third-order valence-electron chi connectivity index (χ3n) is 4.04. The van der Waals surface area contributed by atoms with Gasteiger partial charge in [-0.2, -0.15) is 11.8 Å². The van der Waals surface area contributed by atoms with Crippen LogP contribution in [0.4, 0.5) is 0 Å². The summed E-state index contributed by atoms with van der Waals surface area (Å²) in [6.07, 6.45) is 0.647. The maximum atomic E-state index is 12.4. The Morgan fingerprint density at radius 1 is 1.41 bits per heavy atom. The van der Waals surface area contributed by atoms with Crippen LogP contribution < -0.4 is 0 Å². The number of nitrogens with zero attached hydrogens (tertiary/aromatic N) is 1. The fourth-order valence-electron chi connectivity index (χ4n) is 3.07. The molecule has 2 heterocycles. The zero-order valence-corrected chi connectivity index (χ0v) is 15.4. The normalized spacial score (nSPS) is 20.7. The minimum atomic E-state index is -2.92. The van der Waals surface area contributed by atoms with Crippen molar-refractivity contribution in [2.24, 2.45) is 5.92 Å². The minimum Gasteiger partial charge on any atom is -0.344 e. The molecule has 1 aromatic heterocycles. The molecule has 6 heteroatoms. The Kier molecular flexibility index (Phi) is 5.43. The monoisotopic (exact) mass is 343 g/mol. The minimum absolute atomic E-state index is 0.0186. The average molecular weight is 344 g/mol. The molecule has 124 valence electrons. The maximum Gasteiger partial charge on any atom is 0.174 e. The molecule has 2 rings (SSSR count). The van der Waals surface area contributed by atoms with Gasteiger partial charge >= 0.3 is 0 Å². The van der Waals surface area contributed by atoms with Crippen LogP contribution in [-0.4, -0.2) is 41.8 Å². The SMILES string of the molecule is Cc1cc(C(=O)CSCC(C)C)c(C)n1[C@H]1CCS(=O)(=O)C1. The van der Waals surface area contributed by atoms with E-state index in [1.807, 2.05) is 24.5 Å². The molecule has 1 fully saturated rings. The molecule has 0 saturated carbocycles. The standard InChI is InChI=1S/C16H25NO3S2/c1-11(2)8-21-9-16(18)15-7-12(3)17(13(15)4)14-5-6-22(19,20)10-14/h7,11,14H,5-6,8-10H2,1-4H3/t14-/m0/s1. The van der Waals surface area contributed by atoms with Crippen LogP contribution in [0.15, 0.2) is 6.07 Å². The van der Waals surface area contributed by atoms with Crippen LogP contribution in [0.5, 0.6) is 0 Å². The second-order valence-corrected chi connectivity index (χ2v) is 9.80. The highest BCUT2D eigenvalue weighted by atomic mass is 32.2. The topological polar surface area (TPSA) is 56.1 Å². The van der Waals surface area contributed by atoms with E-state index in [0.29, 0.717) is 18.1 Å². The van der Waals surface area contributed by atoms with Gasteiger partial charge in [-0.05, 0) is 38.0 Å².